The molecule has 0 fully saturated rings. The number of hydrogen-bond donors (Lipinski definition) is 2. The summed E-state index contributed by atoms with van der Waals surface area (Å²) in [5.41, 5.74) is 2.76. The molecule has 0 atom stereocenters. The van der Waals surface area contributed by atoms with Crippen LogP contribution in [0.2, 0.25) is 0 Å². The molecule has 22 heavy (non-hydrogen) atoms. The van der Waals surface area contributed by atoms with Crippen LogP contribution in [0, 0.1) is 0 Å². The molecule has 0 aliphatic rings. The average molecular weight is 294 g/mol. The number of nitrogens with zero attached hydrogens (tertiary/aromatic N) is 3. The van der Waals surface area contributed by atoms with E-state index in [0.29, 0.717) is 16.9 Å². The quantitative estimate of drug-likeness (QED) is 0.575. The zero-order valence-electron chi connectivity index (χ0n) is 11.9. The number of aromatic hydroxyl groups is 1. The first kappa shape index (κ1) is 13.8. The predicted molar refractivity (Wildman–Crippen MR) is 84.0 cm³/mol. The molecule has 0 aliphatic heterocycles. The van der Waals surface area contributed by atoms with Gasteiger partial charge >= 0.3 is 0 Å². The monoisotopic (exact) mass is 294 g/mol. The van der Waals surface area contributed by atoms with Crippen LogP contribution in [0.5, 0.6) is 5.75 Å². The number of rotatable bonds is 3. The largest absolute Gasteiger partial charge is 0.506 e. The highest BCUT2D eigenvalue weighted by atomic mass is 16.3. The molecule has 2 aromatic carbocycles. The van der Waals surface area contributed by atoms with Crippen molar-refractivity contribution in [2.75, 3.05) is 5.32 Å². The number of phenols is 1. The molecular formula is C16H14N4O2. The molecule has 0 unspecified atom stereocenters. The van der Waals surface area contributed by atoms with Crippen LogP contribution >= 0.6 is 0 Å². The number of phenolic OH excluding ortho intramolecular Hbond substituents is 1. The second kappa shape index (κ2) is 5.33. The second-order valence-electron chi connectivity index (χ2n) is 4.92. The smallest absolute Gasteiger partial charge is 0.250 e. The van der Waals surface area contributed by atoms with Crippen molar-refractivity contribution >= 4 is 22.6 Å². The number of aromatic nitrogens is 3. The van der Waals surface area contributed by atoms with Crippen molar-refractivity contribution in [2.45, 2.75) is 6.92 Å². The number of amides is 1. The Morgan fingerprint density at radius 1 is 1.18 bits per heavy atom. The van der Waals surface area contributed by atoms with Crippen LogP contribution in [0.3, 0.4) is 0 Å². The Morgan fingerprint density at radius 2 is 1.82 bits per heavy atom. The van der Waals surface area contributed by atoms with Crippen molar-refractivity contribution in [2.24, 2.45) is 0 Å². The van der Waals surface area contributed by atoms with Crippen molar-refractivity contribution in [3.05, 3.63) is 54.6 Å². The van der Waals surface area contributed by atoms with Crippen molar-refractivity contribution in [1.29, 1.82) is 0 Å². The van der Waals surface area contributed by atoms with E-state index in [9.17, 15) is 9.90 Å². The van der Waals surface area contributed by atoms with Crippen molar-refractivity contribution in [1.82, 2.24) is 15.0 Å². The third-order valence-corrected chi connectivity index (χ3v) is 3.12. The van der Waals surface area contributed by atoms with Gasteiger partial charge in [0.1, 0.15) is 22.5 Å². The van der Waals surface area contributed by atoms with Gasteiger partial charge in [0, 0.05) is 11.3 Å². The van der Waals surface area contributed by atoms with E-state index in [2.05, 4.69) is 22.1 Å². The van der Waals surface area contributed by atoms with Crippen LogP contribution in [0.4, 0.5) is 5.69 Å². The first-order chi connectivity index (χ1) is 10.5. The second-order valence-corrected chi connectivity index (χ2v) is 4.92. The lowest BCUT2D eigenvalue weighted by Crippen LogP contribution is -2.12. The van der Waals surface area contributed by atoms with E-state index in [4.69, 9.17) is 0 Å². The van der Waals surface area contributed by atoms with E-state index in [1.807, 2.05) is 24.3 Å². The molecule has 0 spiro atoms. The van der Waals surface area contributed by atoms with E-state index in [0.717, 1.165) is 11.0 Å². The minimum absolute atomic E-state index is 0.0219. The van der Waals surface area contributed by atoms with Gasteiger partial charge in [-0.2, -0.15) is 0 Å². The molecule has 6 nitrogen and oxygen atoms in total. The maximum Gasteiger partial charge on any atom is 0.250 e. The van der Waals surface area contributed by atoms with Crippen LogP contribution in [-0.4, -0.2) is 26.0 Å². The molecule has 0 bridgehead atoms. The highest BCUT2D eigenvalue weighted by Gasteiger charge is 2.11. The molecule has 2 N–H and O–H groups in total. The average Bonchev–Trinajstić information content (AvgIpc) is 2.92. The summed E-state index contributed by atoms with van der Waals surface area (Å²) in [6, 6.07) is 12.1. The standard InChI is InChI=1S/C16H14N4O2/c1-10(2)16(22)17-11-7-8-15(21)14(9-11)20-18-12-5-3-4-6-13(12)19-20/h3-9,21H,1H2,2H3,(H,17,22). The fraction of sp³-hybridized carbons (Fsp3) is 0.0625. The van der Waals surface area contributed by atoms with E-state index in [1.54, 1.807) is 19.1 Å². The SMILES string of the molecule is C=C(C)C(=O)Nc1ccc(O)c(-n2nc3ccccc3n2)c1. The first-order valence-electron chi connectivity index (χ1n) is 6.67. The van der Waals surface area contributed by atoms with Gasteiger partial charge in [0.2, 0.25) is 0 Å². The van der Waals surface area contributed by atoms with Gasteiger partial charge in [0.15, 0.2) is 0 Å². The maximum atomic E-state index is 11.7. The normalized spacial score (nSPS) is 10.6. The number of carbonyl (C=O) groups is 1. The van der Waals surface area contributed by atoms with Crippen LogP contribution < -0.4 is 5.32 Å². The topological polar surface area (TPSA) is 80.0 Å². The van der Waals surface area contributed by atoms with Gasteiger partial charge in [-0.05, 0) is 37.3 Å². The highest BCUT2D eigenvalue weighted by molar-refractivity contribution is 6.03. The molecule has 3 aromatic rings. The molecule has 1 heterocycles. The van der Waals surface area contributed by atoms with Crippen molar-refractivity contribution in [3.8, 4) is 11.4 Å². The summed E-state index contributed by atoms with van der Waals surface area (Å²) in [5, 5.41) is 21.3. The summed E-state index contributed by atoms with van der Waals surface area (Å²) in [6.45, 7) is 5.21. The van der Waals surface area contributed by atoms with E-state index < -0.39 is 0 Å². The lowest BCUT2D eigenvalue weighted by Gasteiger charge is -2.08. The summed E-state index contributed by atoms with van der Waals surface area (Å²) in [7, 11) is 0. The minimum Gasteiger partial charge on any atom is -0.506 e. The molecule has 110 valence electrons. The molecule has 3 rings (SSSR count). The Bertz CT molecular complexity index is 850. The molecule has 1 aromatic heterocycles. The van der Waals surface area contributed by atoms with Crippen molar-refractivity contribution in [3.63, 3.8) is 0 Å². The molecule has 0 saturated carbocycles. The maximum absolute atomic E-state index is 11.7. The molecule has 6 heteroatoms. The third-order valence-electron chi connectivity index (χ3n) is 3.12. The number of fused-ring (bicyclic) bond motifs is 1. The van der Waals surface area contributed by atoms with E-state index >= 15 is 0 Å². The van der Waals surface area contributed by atoms with E-state index in [1.165, 1.54) is 10.9 Å². The van der Waals surface area contributed by atoms with Gasteiger partial charge in [-0.1, -0.05) is 18.7 Å². The zero-order chi connectivity index (χ0) is 15.7. The van der Waals surface area contributed by atoms with Gasteiger partial charge in [-0.25, -0.2) is 0 Å². The lowest BCUT2D eigenvalue weighted by molar-refractivity contribution is -0.112. The number of anilines is 1. The molecule has 0 radical (unpaired) electrons. The molecular weight excluding hydrogens is 280 g/mol. The predicted octanol–water partition coefficient (Wildman–Crippen LogP) is 2.64. The van der Waals surface area contributed by atoms with Gasteiger partial charge in [0.25, 0.3) is 5.91 Å². The first-order valence-corrected chi connectivity index (χ1v) is 6.67. The number of hydrogen-bond acceptors (Lipinski definition) is 4. The Kier molecular flexibility index (Phi) is 3.34. The van der Waals surface area contributed by atoms with Gasteiger partial charge in [0.05, 0.1) is 0 Å². The molecule has 0 aliphatic carbocycles. The number of benzene rings is 2. The Labute approximate surface area is 126 Å². The van der Waals surface area contributed by atoms with Crippen LogP contribution in [0.15, 0.2) is 54.6 Å². The Hall–Kier alpha value is -3.15. The third kappa shape index (κ3) is 2.54. The summed E-state index contributed by atoms with van der Waals surface area (Å²) < 4.78 is 0. The van der Waals surface area contributed by atoms with Crippen molar-refractivity contribution < 1.29 is 9.90 Å². The van der Waals surface area contributed by atoms with Gasteiger partial charge in [-0.3, -0.25) is 4.79 Å². The molecule has 0 saturated heterocycles. The van der Waals surface area contributed by atoms with Gasteiger partial charge < -0.3 is 10.4 Å². The summed E-state index contributed by atoms with van der Waals surface area (Å²) in [4.78, 5) is 13.0. The Balaban J connectivity index is 2.02. The number of nitrogens with one attached hydrogen (secondary N) is 1. The van der Waals surface area contributed by atoms with Gasteiger partial charge in [-0.15, -0.1) is 15.0 Å². The van der Waals surface area contributed by atoms with Crippen LogP contribution in [-0.2, 0) is 4.79 Å². The summed E-state index contributed by atoms with van der Waals surface area (Å²) >= 11 is 0. The fourth-order valence-corrected chi connectivity index (χ4v) is 1.97. The minimum atomic E-state index is -0.282. The fourth-order valence-electron chi connectivity index (χ4n) is 1.97. The summed E-state index contributed by atoms with van der Waals surface area (Å²) in [5.74, 6) is -0.260. The summed E-state index contributed by atoms with van der Waals surface area (Å²) in [6.07, 6.45) is 0. The van der Waals surface area contributed by atoms with Crippen LogP contribution in [0.25, 0.3) is 16.7 Å². The highest BCUT2D eigenvalue weighted by Crippen LogP contribution is 2.25. The lowest BCUT2D eigenvalue weighted by atomic mass is 10.2. The molecule has 1 amide bonds. The van der Waals surface area contributed by atoms with Crippen LogP contribution in [0.1, 0.15) is 6.92 Å². The Morgan fingerprint density at radius 3 is 2.41 bits per heavy atom. The van der Waals surface area contributed by atoms with E-state index in [-0.39, 0.29) is 11.7 Å². The number of carbonyl (C=O) groups excluding carboxylic acids is 1. The zero-order valence-corrected chi connectivity index (χ0v) is 11.9.